The first kappa shape index (κ1) is 16.4. The minimum Gasteiger partial charge on any atom is -0.495 e. The highest BCUT2D eigenvalue weighted by Crippen LogP contribution is 2.28. The molecule has 1 N–H and O–H groups in total. The lowest BCUT2D eigenvalue weighted by atomic mass is 10.2. The van der Waals surface area contributed by atoms with Crippen LogP contribution in [-0.2, 0) is 16.6 Å². The van der Waals surface area contributed by atoms with Crippen LogP contribution in [0.5, 0.6) is 5.75 Å². The highest BCUT2D eigenvalue weighted by Gasteiger charge is 2.26. The maximum Gasteiger partial charge on any atom is 0.247 e. The van der Waals surface area contributed by atoms with Gasteiger partial charge in [-0.15, -0.1) is 13.2 Å². The molecule has 0 aliphatic heterocycles. The molecule has 0 amide bonds. The Bertz CT molecular complexity index is 571. The summed E-state index contributed by atoms with van der Waals surface area (Å²) in [4.78, 5) is 0.0234. The number of nitrogens with zero attached hydrogens (tertiary/aromatic N) is 1. The normalized spacial score (nSPS) is 11.3. The second-order valence-electron chi connectivity index (χ2n) is 4.04. The molecule has 0 radical (unpaired) electrons. The van der Waals surface area contributed by atoms with E-state index in [9.17, 15) is 8.42 Å². The molecule has 0 aliphatic carbocycles. The topological polar surface area (TPSA) is 66.8 Å². The van der Waals surface area contributed by atoms with Gasteiger partial charge in [0.1, 0.15) is 10.6 Å². The maximum absolute atomic E-state index is 12.6. The minimum absolute atomic E-state index is 0.0234. The minimum atomic E-state index is -3.75. The molecule has 0 aliphatic rings. The molecule has 6 heteroatoms. The van der Waals surface area contributed by atoms with Crippen molar-refractivity contribution in [3.63, 3.8) is 0 Å². The van der Waals surface area contributed by atoms with Crippen molar-refractivity contribution in [3.05, 3.63) is 49.1 Å². The Kier molecular flexibility index (Phi) is 5.94. The zero-order chi connectivity index (χ0) is 15.2. The van der Waals surface area contributed by atoms with Crippen molar-refractivity contribution < 1.29 is 18.3 Å². The number of sulfonamides is 1. The smallest absolute Gasteiger partial charge is 0.247 e. The fourth-order valence-corrected chi connectivity index (χ4v) is 3.31. The number of hydrogen-bond acceptors (Lipinski definition) is 4. The van der Waals surface area contributed by atoms with E-state index in [4.69, 9.17) is 9.84 Å². The molecule has 1 aromatic rings. The van der Waals surface area contributed by atoms with Gasteiger partial charge in [-0.25, -0.2) is 8.42 Å². The number of rotatable bonds is 8. The first-order valence-corrected chi connectivity index (χ1v) is 7.45. The molecule has 20 heavy (non-hydrogen) atoms. The monoisotopic (exact) mass is 297 g/mol. The molecular weight excluding hydrogens is 278 g/mol. The van der Waals surface area contributed by atoms with Crippen molar-refractivity contribution in [1.29, 1.82) is 0 Å². The number of ether oxygens (including phenoxy) is 1. The second-order valence-corrected chi connectivity index (χ2v) is 5.95. The number of hydrogen-bond donors (Lipinski definition) is 1. The molecule has 0 spiro atoms. The van der Waals surface area contributed by atoms with Crippen LogP contribution < -0.4 is 4.74 Å². The lowest BCUT2D eigenvalue weighted by Gasteiger charge is -2.20. The quantitative estimate of drug-likeness (QED) is 0.739. The summed E-state index contributed by atoms with van der Waals surface area (Å²) in [6.07, 6.45) is 3.01. The summed E-state index contributed by atoms with van der Waals surface area (Å²) in [5, 5.41) is 9.16. The Morgan fingerprint density at radius 1 is 1.30 bits per heavy atom. The first-order chi connectivity index (χ1) is 9.51. The number of aliphatic hydroxyl groups is 1. The van der Waals surface area contributed by atoms with Gasteiger partial charge in [0.2, 0.25) is 10.0 Å². The van der Waals surface area contributed by atoms with Gasteiger partial charge in [0.15, 0.2) is 0 Å². The van der Waals surface area contributed by atoms with Gasteiger partial charge >= 0.3 is 0 Å². The van der Waals surface area contributed by atoms with Gasteiger partial charge in [0.05, 0.1) is 13.7 Å². The molecule has 1 rings (SSSR count). The largest absolute Gasteiger partial charge is 0.495 e. The van der Waals surface area contributed by atoms with Crippen molar-refractivity contribution in [3.8, 4) is 5.75 Å². The van der Waals surface area contributed by atoms with Crippen molar-refractivity contribution in [2.75, 3.05) is 20.2 Å². The van der Waals surface area contributed by atoms with Crippen LogP contribution in [0.15, 0.2) is 48.4 Å². The predicted molar refractivity (Wildman–Crippen MR) is 78.1 cm³/mol. The Balaban J connectivity index is 3.37. The van der Waals surface area contributed by atoms with Gasteiger partial charge < -0.3 is 9.84 Å². The van der Waals surface area contributed by atoms with E-state index in [0.717, 1.165) is 0 Å². The molecule has 0 unspecified atom stereocenters. The van der Waals surface area contributed by atoms with Crippen LogP contribution in [0.2, 0.25) is 0 Å². The molecule has 110 valence electrons. The van der Waals surface area contributed by atoms with Crippen LogP contribution >= 0.6 is 0 Å². The molecule has 0 aromatic heterocycles. The predicted octanol–water partition coefficient (Wildman–Crippen LogP) is 1.55. The van der Waals surface area contributed by atoms with Crippen LogP contribution in [0.25, 0.3) is 0 Å². The fraction of sp³-hybridized carbons (Fsp3) is 0.286. The molecule has 5 nitrogen and oxygen atoms in total. The average molecular weight is 297 g/mol. The van der Waals surface area contributed by atoms with Crippen LogP contribution in [0, 0.1) is 0 Å². The third kappa shape index (κ3) is 3.47. The second kappa shape index (κ2) is 7.23. The van der Waals surface area contributed by atoms with Crippen LogP contribution in [0.3, 0.4) is 0 Å². The van der Waals surface area contributed by atoms with E-state index >= 15 is 0 Å². The Hall–Kier alpha value is -1.63. The van der Waals surface area contributed by atoms with Crippen molar-refractivity contribution in [2.45, 2.75) is 11.5 Å². The van der Waals surface area contributed by atoms with E-state index < -0.39 is 10.0 Å². The number of methoxy groups -OCH3 is 1. The highest BCUT2D eigenvalue weighted by molar-refractivity contribution is 7.89. The Morgan fingerprint density at radius 2 is 1.90 bits per heavy atom. The Morgan fingerprint density at radius 3 is 2.35 bits per heavy atom. The number of benzene rings is 1. The molecular formula is C14H19NO4S. The lowest BCUT2D eigenvalue weighted by Crippen LogP contribution is -2.31. The van der Waals surface area contributed by atoms with Crippen molar-refractivity contribution >= 4 is 10.0 Å². The molecule has 1 aromatic carbocycles. The van der Waals surface area contributed by atoms with Gasteiger partial charge in [-0.2, -0.15) is 4.31 Å². The zero-order valence-electron chi connectivity index (χ0n) is 11.4. The summed E-state index contributed by atoms with van der Waals surface area (Å²) in [7, 11) is -2.34. The van der Waals surface area contributed by atoms with E-state index in [1.54, 1.807) is 6.07 Å². The molecule has 0 saturated carbocycles. The van der Waals surface area contributed by atoms with Crippen molar-refractivity contribution in [1.82, 2.24) is 4.31 Å². The number of aliphatic hydroxyl groups excluding tert-OH is 1. The van der Waals surface area contributed by atoms with E-state index in [1.807, 2.05) is 0 Å². The Labute approximate surface area is 119 Å². The average Bonchev–Trinajstić information content (AvgIpc) is 2.46. The van der Waals surface area contributed by atoms with E-state index in [-0.39, 0.29) is 30.3 Å². The zero-order valence-corrected chi connectivity index (χ0v) is 12.3. The molecule has 0 bridgehead atoms. The fourth-order valence-electron chi connectivity index (χ4n) is 1.72. The van der Waals surface area contributed by atoms with Gasteiger partial charge in [-0.3, -0.25) is 0 Å². The standard InChI is InChI=1S/C14H19NO4S/c1-4-8-15(9-5-2)20(17,18)14-10-12(11-16)6-7-13(14)19-3/h4-7,10,16H,1-2,8-9,11H2,3H3. The summed E-state index contributed by atoms with van der Waals surface area (Å²) >= 11 is 0. The van der Waals surface area contributed by atoms with E-state index in [1.165, 1.54) is 35.7 Å². The van der Waals surface area contributed by atoms with Gasteiger partial charge in [0.25, 0.3) is 0 Å². The van der Waals surface area contributed by atoms with Crippen LogP contribution in [-0.4, -0.2) is 38.0 Å². The van der Waals surface area contributed by atoms with Crippen LogP contribution in [0.4, 0.5) is 0 Å². The van der Waals surface area contributed by atoms with Gasteiger partial charge in [0, 0.05) is 13.1 Å². The van der Waals surface area contributed by atoms with Crippen molar-refractivity contribution in [2.24, 2.45) is 0 Å². The summed E-state index contributed by atoms with van der Waals surface area (Å²) in [5.41, 5.74) is 0.501. The summed E-state index contributed by atoms with van der Waals surface area (Å²) in [6.45, 7) is 7.20. The van der Waals surface area contributed by atoms with Gasteiger partial charge in [-0.05, 0) is 17.7 Å². The third-order valence-corrected chi connectivity index (χ3v) is 4.55. The summed E-state index contributed by atoms with van der Waals surface area (Å²) in [5.74, 6) is 0.236. The highest BCUT2D eigenvalue weighted by atomic mass is 32.2. The molecule has 0 atom stereocenters. The molecule has 0 heterocycles. The third-order valence-electron chi connectivity index (χ3n) is 2.69. The maximum atomic E-state index is 12.6. The van der Waals surface area contributed by atoms with E-state index in [2.05, 4.69) is 13.2 Å². The summed E-state index contributed by atoms with van der Waals surface area (Å²) < 4.78 is 31.6. The van der Waals surface area contributed by atoms with E-state index in [0.29, 0.717) is 5.56 Å². The van der Waals surface area contributed by atoms with Gasteiger partial charge in [-0.1, -0.05) is 18.2 Å². The van der Waals surface area contributed by atoms with Crippen LogP contribution in [0.1, 0.15) is 5.56 Å². The lowest BCUT2D eigenvalue weighted by molar-refractivity contribution is 0.281. The molecule has 0 saturated heterocycles. The SMILES string of the molecule is C=CCN(CC=C)S(=O)(=O)c1cc(CO)ccc1OC. The molecule has 0 fully saturated rings. The first-order valence-electron chi connectivity index (χ1n) is 6.01. The summed E-state index contributed by atoms with van der Waals surface area (Å²) in [6, 6.07) is 4.55.